The summed E-state index contributed by atoms with van der Waals surface area (Å²) in [5, 5.41) is 3.28. The van der Waals surface area contributed by atoms with Crippen molar-refractivity contribution in [2.45, 2.75) is 26.1 Å². The molecule has 1 saturated heterocycles. The molecule has 3 rings (SSSR count). The van der Waals surface area contributed by atoms with E-state index in [1.165, 1.54) is 6.07 Å². The van der Waals surface area contributed by atoms with Crippen molar-refractivity contribution in [1.29, 1.82) is 0 Å². The first-order chi connectivity index (χ1) is 14.3. The number of hydrogen-bond acceptors (Lipinski definition) is 3. The number of hydrogen-bond donors (Lipinski definition) is 1. The van der Waals surface area contributed by atoms with Gasteiger partial charge in [0.1, 0.15) is 5.76 Å². The third-order valence-electron chi connectivity index (χ3n) is 4.92. The van der Waals surface area contributed by atoms with Gasteiger partial charge in [-0.2, -0.15) is 13.2 Å². The number of furan rings is 1. The number of carbonyl (C=O) groups is 1. The molecule has 1 N–H and O–H groups in total. The highest BCUT2D eigenvalue weighted by atomic mass is 127. The number of nitrogens with one attached hydrogen (secondary N) is 1. The highest BCUT2D eigenvalue weighted by Crippen LogP contribution is 2.29. The number of benzene rings is 1. The summed E-state index contributed by atoms with van der Waals surface area (Å²) in [5.41, 5.74) is -0.199. The first kappa shape index (κ1) is 25.0. The van der Waals surface area contributed by atoms with Gasteiger partial charge in [-0.25, -0.2) is 4.99 Å². The molecule has 0 unspecified atom stereocenters. The van der Waals surface area contributed by atoms with Gasteiger partial charge in [-0.15, -0.1) is 24.0 Å². The molecule has 1 fully saturated rings. The summed E-state index contributed by atoms with van der Waals surface area (Å²) >= 11 is 0. The van der Waals surface area contributed by atoms with Crippen LogP contribution in [0.4, 0.5) is 13.2 Å². The molecule has 6 nitrogen and oxygen atoms in total. The summed E-state index contributed by atoms with van der Waals surface area (Å²) in [6.45, 7) is 4.61. The molecular weight excluding hydrogens is 524 g/mol. The molecular formula is C21H26F3IN4O2. The summed E-state index contributed by atoms with van der Waals surface area (Å²) in [7, 11) is 0. The first-order valence-corrected chi connectivity index (χ1v) is 9.80. The fourth-order valence-corrected chi connectivity index (χ4v) is 3.27. The van der Waals surface area contributed by atoms with Crippen molar-refractivity contribution in [1.82, 2.24) is 15.1 Å². The highest BCUT2D eigenvalue weighted by molar-refractivity contribution is 14.0. The Morgan fingerprint density at radius 1 is 1.13 bits per heavy atom. The maximum atomic E-state index is 13.0. The predicted molar refractivity (Wildman–Crippen MR) is 122 cm³/mol. The van der Waals surface area contributed by atoms with Crippen molar-refractivity contribution < 1.29 is 22.4 Å². The standard InChI is InChI=1S/C21H25F3N4O2.HI/c1-16(29)27-9-11-28(12-10-27)20(25-8-7-19-6-3-13-30-19)26-15-17-4-2-5-18(14-17)21(22,23)24;/h2-6,13-14H,7-12,15H2,1H3,(H,25,26);1H. The molecule has 1 aliphatic rings. The second-order valence-electron chi connectivity index (χ2n) is 7.09. The minimum atomic E-state index is -4.38. The molecule has 1 aromatic heterocycles. The summed E-state index contributed by atoms with van der Waals surface area (Å²) in [5.74, 6) is 1.48. The first-order valence-electron chi connectivity index (χ1n) is 9.80. The van der Waals surface area contributed by atoms with E-state index in [0.717, 1.165) is 17.9 Å². The molecule has 31 heavy (non-hydrogen) atoms. The van der Waals surface area contributed by atoms with E-state index in [-0.39, 0.29) is 36.4 Å². The molecule has 0 atom stereocenters. The summed E-state index contributed by atoms with van der Waals surface area (Å²) < 4.78 is 44.2. The molecule has 2 aromatic rings. The van der Waals surface area contributed by atoms with Gasteiger partial charge in [0.15, 0.2) is 5.96 Å². The van der Waals surface area contributed by atoms with Crippen LogP contribution in [0.1, 0.15) is 23.8 Å². The van der Waals surface area contributed by atoms with Gasteiger partial charge in [0.2, 0.25) is 5.91 Å². The maximum Gasteiger partial charge on any atom is 0.416 e. The quantitative estimate of drug-likeness (QED) is 0.350. The van der Waals surface area contributed by atoms with Gasteiger partial charge in [-0.3, -0.25) is 4.79 Å². The Kier molecular flexibility index (Phi) is 9.20. The van der Waals surface area contributed by atoms with Crippen molar-refractivity contribution >= 4 is 35.8 Å². The lowest BCUT2D eigenvalue weighted by Crippen LogP contribution is -2.53. The smallest absolute Gasteiger partial charge is 0.416 e. The van der Waals surface area contributed by atoms with E-state index < -0.39 is 11.7 Å². The van der Waals surface area contributed by atoms with Crippen molar-refractivity contribution in [3.63, 3.8) is 0 Å². The number of halogens is 4. The van der Waals surface area contributed by atoms with Crippen LogP contribution in [-0.4, -0.2) is 54.4 Å². The minimum Gasteiger partial charge on any atom is -0.469 e. The van der Waals surface area contributed by atoms with Crippen LogP contribution >= 0.6 is 24.0 Å². The number of aliphatic imine (C=N–C) groups is 1. The van der Waals surface area contributed by atoms with E-state index in [4.69, 9.17) is 4.42 Å². The second-order valence-corrected chi connectivity index (χ2v) is 7.09. The number of carbonyl (C=O) groups excluding carboxylic acids is 1. The normalized spacial score (nSPS) is 14.9. The Hall–Kier alpha value is -2.24. The number of guanidine groups is 1. The van der Waals surface area contributed by atoms with Gasteiger partial charge in [0.05, 0.1) is 18.4 Å². The molecule has 170 valence electrons. The number of alkyl halides is 3. The maximum absolute atomic E-state index is 13.0. The molecule has 0 aliphatic carbocycles. The highest BCUT2D eigenvalue weighted by Gasteiger charge is 2.30. The monoisotopic (exact) mass is 550 g/mol. The number of piperazine rings is 1. The van der Waals surface area contributed by atoms with Crippen LogP contribution < -0.4 is 5.32 Å². The summed E-state index contributed by atoms with van der Waals surface area (Å²) in [6, 6.07) is 8.90. The largest absolute Gasteiger partial charge is 0.469 e. The average molecular weight is 550 g/mol. The Morgan fingerprint density at radius 3 is 2.45 bits per heavy atom. The molecule has 0 saturated carbocycles. The number of nitrogens with zero attached hydrogens (tertiary/aromatic N) is 3. The zero-order valence-corrected chi connectivity index (χ0v) is 19.5. The van der Waals surface area contributed by atoms with Gasteiger partial charge in [-0.05, 0) is 29.8 Å². The molecule has 10 heteroatoms. The van der Waals surface area contributed by atoms with Crippen molar-refractivity contribution in [2.24, 2.45) is 4.99 Å². The van der Waals surface area contributed by atoms with Gasteiger partial charge in [-0.1, -0.05) is 12.1 Å². The van der Waals surface area contributed by atoms with E-state index in [1.54, 1.807) is 24.2 Å². The molecule has 2 heterocycles. The summed E-state index contributed by atoms with van der Waals surface area (Å²) in [6.07, 6.45) is -2.12. The van der Waals surface area contributed by atoms with Crippen molar-refractivity contribution in [2.75, 3.05) is 32.7 Å². The third-order valence-corrected chi connectivity index (χ3v) is 4.92. The predicted octanol–water partition coefficient (Wildman–Crippen LogP) is 3.77. The topological polar surface area (TPSA) is 61.1 Å². The molecule has 1 aromatic carbocycles. The third kappa shape index (κ3) is 7.44. The average Bonchev–Trinajstić information content (AvgIpc) is 3.24. The number of rotatable bonds is 5. The Bertz CT molecular complexity index is 864. The molecule has 0 spiro atoms. The zero-order chi connectivity index (χ0) is 21.6. The van der Waals surface area contributed by atoms with E-state index in [2.05, 4.69) is 10.3 Å². The van der Waals surface area contributed by atoms with Crippen LogP contribution in [0.15, 0.2) is 52.1 Å². The molecule has 1 amide bonds. The fraction of sp³-hybridized carbons (Fsp3) is 0.429. The van der Waals surface area contributed by atoms with Gasteiger partial charge >= 0.3 is 6.18 Å². The van der Waals surface area contributed by atoms with Crippen LogP contribution in [0.25, 0.3) is 0 Å². The van der Waals surface area contributed by atoms with Crippen LogP contribution in [0.3, 0.4) is 0 Å². The van der Waals surface area contributed by atoms with Gasteiger partial charge < -0.3 is 19.5 Å². The lowest BCUT2D eigenvalue weighted by atomic mass is 10.1. The Balaban J connectivity index is 0.00000341. The zero-order valence-electron chi connectivity index (χ0n) is 17.2. The molecule has 0 bridgehead atoms. The van der Waals surface area contributed by atoms with Crippen LogP contribution in [0, 0.1) is 0 Å². The van der Waals surface area contributed by atoms with Crippen molar-refractivity contribution in [3.05, 3.63) is 59.5 Å². The van der Waals surface area contributed by atoms with E-state index in [9.17, 15) is 18.0 Å². The second kappa shape index (κ2) is 11.4. The van der Waals surface area contributed by atoms with Crippen molar-refractivity contribution in [3.8, 4) is 0 Å². The number of amides is 1. The van der Waals surface area contributed by atoms with Crippen LogP contribution in [0.5, 0.6) is 0 Å². The Labute approximate surface area is 196 Å². The van der Waals surface area contributed by atoms with E-state index in [0.29, 0.717) is 50.7 Å². The van der Waals surface area contributed by atoms with Crippen LogP contribution in [-0.2, 0) is 23.9 Å². The van der Waals surface area contributed by atoms with Gasteiger partial charge in [0.25, 0.3) is 0 Å². The molecule has 0 radical (unpaired) electrons. The lowest BCUT2D eigenvalue weighted by molar-refractivity contribution is -0.137. The van der Waals surface area contributed by atoms with E-state index in [1.807, 2.05) is 17.0 Å². The molecule has 1 aliphatic heterocycles. The van der Waals surface area contributed by atoms with E-state index >= 15 is 0 Å². The summed E-state index contributed by atoms with van der Waals surface area (Å²) in [4.78, 5) is 19.9. The van der Waals surface area contributed by atoms with Crippen LogP contribution in [0.2, 0.25) is 0 Å². The lowest BCUT2D eigenvalue weighted by Gasteiger charge is -2.36. The fourth-order valence-electron chi connectivity index (χ4n) is 3.27. The SMILES string of the molecule is CC(=O)N1CCN(C(=NCc2cccc(C(F)(F)F)c2)NCCc2ccco2)CC1.I. The minimum absolute atomic E-state index is 0. The van der Waals surface area contributed by atoms with Gasteiger partial charge in [0, 0.05) is 46.1 Å². The Morgan fingerprint density at radius 2 is 1.84 bits per heavy atom.